The smallest absolute Gasteiger partial charge is 0.0622 e. The molecule has 0 radical (unpaired) electrons. The van der Waals surface area contributed by atoms with Crippen LogP contribution in [0.2, 0.25) is 0 Å². The summed E-state index contributed by atoms with van der Waals surface area (Å²) in [6.45, 7) is 6.12. The third kappa shape index (κ3) is 4.00. The summed E-state index contributed by atoms with van der Waals surface area (Å²) in [5.74, 6) is 0. The van der Waals surface area contributed by atoms with Crippen LogP contribution < -0.4 is 5.32 Å². The number of unbranched alkanes of at least 4 members (excludes halogenated alkanes) is 1. The molecule has 0 aromatic carbocycles. The van der Waals surface area contributed by atoms with Gasteiger partial charge in [-0.25, -0.2) is 0 Å². The molecule has 0 fully saturated rings. The van der Waals surface area contributed by atoms with Crippen molar-refractivity contribution in [3.05, 3.63) is 30.1 Å². The average Bonchev–Trinajstić information content (AvgIpc) is 2.30. The summed E-state index contributed by atoms with van der Waals surface area (Å²) in [5, 5.41) is 11.8. The largest absolute Gasteiger partial charge is 0.316 e. The number of nitrogens with zero attached hydrogens (tertiary/aromatic N) is 2. The van der Waals surface area contributed by atoms with E-state index >= 15 is 0 Å². The van der Waals surface area contributed by atoms with Gasteiger partial charge in [-0.2, -0.15) is 5.26 Å². The van der Waals surface area contributed by atoms with Crippen LogP contribution in [0.3, 0.4) is 0 Å². The zero-order valence-electron chi connectivity index (χ0n) is 10.0. The lowest BCUT2D eigenvalue weighted by Gasteiger charge is -2.24. The van der Waals surface area contributed by atoms with E-state index in [1.807, 2.05) is 18.3 Å². The number of rotatable bonds is 6. The fourth-order valence-corrected chi connectivity index (χ4v) is 1.55. The molecule has 1 N–H and O–H groups in total. The molecule has 0 saturated heterocycles. The maximum atomic E-state index is 8.42. The van der Waals surface area contributed by atoms with E-state index in [-0.39, 0.29) is 5.41 Å². The van der Waals surface area contributed by atoms with E-state index in [9.17, 15) is 0 Å². The van der Waals surface area contributed by atoms with Crippen LogP contribution in [0.5, 0.6) is 0 Å². The van der Waals surface area contributed by atoms with E-state index in [1.54, 1.807) is 0 Å². The minimum atomic E-state index is 0.0356. The molecule has 1 aromatic heterocycles. The van der Waals surface area contributed by atoms with Gasteiger partial charge in [-0.1, -0.05) is 19.9 Å². The SMILES string of the molecule is CC(C)(CNCCCC#N)c1ccccn1. The monoisotopic (exact) mass is 217 g/mol. The highest BCUT2D eigenvalue weighted by atomic mass is 14.9. The Labute approximate surface area is 97.5 Å². The standard InChI is InChI=1S/C13H19N3/c1-13(2,11-15-9-6-4-8-14)12-7-3-5-10-16-12/h3,5,7,10,15H,4,6,9,11H2,1-2H3. The summed E-state index contributed by atoms with van der Waals surface area (Å²) in [6, 6.07) is 8.14. The molecule has 1 aromatic rings. The van der Waals surface area contributed by atoms with Crippen LogP contribution in [-0.4, -0.2) is 18.1 Å². The summed E-state index contributed by atoms with van der Waals surface area (Å²) in [4.78, 5) is 4.37. The van der Waals surface area contributed by atoms with Crippen molar-refractivity contribution in [1.82, 2.24) is 10.3 Å². The Morgan fingerprint density at radius 1 is 1.44 bits per heavy atom. The first-order valence-corrected chi connectivity index (χ1v) is 5.66. The van der Waals surface area contributed by atoms with Crippen LogP contribution in [0.4, 0.5) is 0 Å². The maximum absolute atomic E-state index is 8.42. The summed E-state index contributed by atoms with van der Waals surface area (Å²) >= 11 is 0. The molecule has 0 aliphatic rings. The highest BCUT2D eigenvalue weighted by Crippen LogP contribution is 2.19. The highest BCUT2D eigenvalue weighted by molar-refractivity contribution is 5.14. The first kappa shape index (κ1) is 12.7. The Balaban J connectivity index is 2.38. The second-order valence-electron chi connectivity index (χ2n) is 4.54. The number of pyridine rings is 1. The lowest BCUT2D eigenvalue weighted by molar-refractivity contribution is 0.456. The van der Waals surface area contributed by atoms with Crippen LogP contribution in [0, 0.1) is 11.3 Å². The Morgan fingerprint density at radius 2 is 2.25 bits per heavy atom. The number of nitriles is 1. The van der Waals surface area contributed by atoms with Gasteiger partial charge in [0.1, 0.15) is 0 Å². The molecule has 16 heavy (non-hydrogen) atoms. The average molecular weight is 217 g/mol. The maximum Gasteiger partial charge on any atom is 0.0622 e. The van der Waals surface area contributed by atoms with E-state index in [1.165, 1.54) is 0 Å². The molecular weight excluding hydrogens is 198 g/mol. The Kier molecular flexibility index (Phi) is 4.94. The van der Waals surface area contributed by atoms with Crippen LogP contribution in [0.25, 0.3) is 0 Å². The topological polar surface area (TPSA) is 48.7 Å². The molecule has 0 amide bonds. The Bertz CT molecular complexity index is 338. The fraction of sp³-hybridized carbons (Fsp3) is 0.538. The van der Waals surface area contributed by atoms with Gasteiger partial charge in [0.25, 0.3) is 0 Å². The number of nitrogens with one attached hydrogen (secondary N) is 1. The first-order chi connectivity index (χ1) is 7.67. The van der Waals surface area contributed by atoms with Gasteiger partial charge >= 0.3 is 0 Å². The molecule has 0 unspecified atom stereocenters. The second kappa shape index (κ2) is 6.24. The third-order valence-corrected chi connectivity index (χ3v) is 2.57. The summed E-state index contributed by atoms with van der Waals surface area (Å²) in [6.07, 6.45) is 3.36. The molecule has 3 nitrogen and oxygen atoms in total. The van der Waals surface area contributed by atoms with Crippen LogP contribution in [-0.2, 0) is 5.41 Å². The summed E-state index contributed by atoms with van der Waals surface area (Å²) < 4.78 is 0. The minimum Gasteiger partial charge on any atom is -0.316 e. The predicted octanol–water partition coefficient (Wildman–Crippen LogP) is 2.25. The second-order valence-corrected chi connectivity index (χ2v) is 4.54. The molecule has 86 valence electrons. The summed E-state index contributed by atoms with van der Waals surface area (Å²) in [7, 11) is 0. The summed E-state index contributed by atoms with van der Waals surface area (Å²) in [5.41, 5.74) is 1.14. The molecule has 0 aliphatic carbocycles. The Morgan fingerprint density at radius 3 is 2.88 bits per heavy atom. The number of aromatic nitrogens is 1. The van der Waals surface area contributed by atoms with Crippen molar-refractivity contribution >= 4 is 0 Å². The van der Waals surface area contributed by atoms with Crippen LogP contribution >= 0.6 is 0 Å². The molecule has 3 heteroatoms. The van der Waals surface area contributed by atoms with Gasteiger partial charge < -0.3 is 5.32 Å². The molecule has 0 spiro atoms. The van der Waals surface area contributed by atoms with Crippen molar-refractivity contribution in [2.24, 2.45) is 0 Å². The van der Waals surface area contributed by atoms with Crippen LogP contribution in [0.15, 0.2) is 24.4 Å². The van der Waals surface area contributed by atoms with Crippen molar-refractivity contribution < 1.29 is 0 Å². The van der Waals surface area contributed by atoms with Crippen molar-refractivity contribution in [2.45, 2.75) is 32.1 Å². The van der Waals surface area contributed by atoms with E-state index in [0.29, 0.717) is 6.42 Å². The molecule has 1 heterocycles. The molecule has 1 rings (SSSR count). The molecule has 0 atom stereocenters. The normalized spacial score (nSPS) is 11.1. The van der Waals surface area contributed by atoms with Gasteiger partial charge in [-0.3, -0.25) is 4.98 Å². The van der Waals surface area contributed by atoms with Crippen LogP contribution in [0.1, 0.15) is 32.4 Å². The molecular formula is C13H19N3. The number of hydrogen-bond acceptors (Lipinski definition) is 3. The minimum absolute atomic E-state index is 0.0356. The molecule has 0 bridgehead atoms. The van der Waals surface area contributed by atoms with Crippen molar-refractivity contribution in [3.8, 4) is 6.07 Å². The van der Waals surface area contributed by atoms with Crippen molar-refractivity contribution in [3.63, 3.8) is 0 Å². The van der Waals surface area contributed by atoms with Gasteiger partial charge in [-0.05, 0) is 25.1 Å². The predicted molar refractivity (Wildman–Crippen MR) is 65.0 cm³/mol. The fourth-order valence-electron chi connectivity index (χ4n) is 1.55. The van der Waals surface area contributed by atoms with Gasteiger partial charge in [0.2, 0.25) is 0 Å². The van der Waals surface area contributed by atoms with Gasteiger partial charge in [-0.15, -0.1) is 0 Å². The van der Waals surface area contributed by atoms with E-state index in [0.717, 1.165) is 25.2 Å². The molecule has 0 aliphatic heterocycles. The molecule has 0 saturated carbocycles. The first-order valence-electron chi connectivity index (χ1n) is 5.66. The van der Waals surface area contributed by atoms with Crippen molar-refractivity contribution in [1.29, 1.82) is 5.26 Å². The lowest BCUT2D eigenvalue weighted by atomic mass is 9.88. The zero-order chi connectivity index (χ0) is 11.9. The quantitative estimate of drug-likeness (QED) is 0.743. The van der Waals surface area contributed by atoms with E-state index < -0.39 is 0 Å². The van der Waals surface area contributed by atoms with E-state index in [4.69, 9.17) is 5.26 Å². The zero-order valence-corrected chi connectivity index (χ0v) is 10.0. The lowest BCUT2D eigenvalue weighted by Crippen LogP contribution is -2.34. The Hall–Kier alpha value is -1.40. The van der Waals surface area contributed by atoms with Crippen molar-refractivity contribution in [2.75, 3.05) is 13.1 Å². The third-order valence-electron chi connectivity index (χ3n) is 2.57. The van der Waals surface area contributed by atoms with Gasteiger partial charge in [0, 0.05) is 30.3 Å². The highest BCUT2D eigenvalue weighted by Gasteiger charge is 2.20. The van der Waals surface area contributed by atoms with E-state index in [2.05, 4.69) is 36.3 Å². The van der Waals surface area contributed by atoms with Gasteiger partial charge in [0.15, 0.2) is 0 Å². The van der Waals surface area contributed by atoms with Gasteiger partial charge in [0.05, 0.1) is 6.07 Å². The number of hydrogen-bond donors (Lipinski definition) is 1.